The highest BCUT2D eigenvalue weighted by atomic mass is 35.5. The smallest absolute Gasteiger partial charge is 0.255 e. The first-order chi connectivity index (χ1) is 16.4. The number of nitrogens with zero attached hydrogens (tertiary/aromatic N) is 2. The number of sulfonamides is 1. The summed E-state index contributed by atoms with van der Waals surface area (Å²) >= 11 is 6.48. The van der Waals surface area contributed by atoms with Crippen molar-refractivity contribution in [3.8, 4) is 11.3 Å². The molecular formula is C25H20ClN3O4S. The number of anilines is 2. The molecule has 1 aromatic heterocycles. The molecule has 1 saturated heterocycles. The van der Waals surface area contributed by atoms with E-state index in [1.54, 1.807) is 48.7 Å². The van der Waals surface area contributed by atoms with Gasteiger partial charge < -0.3 is 10.1 Å². The normalized spacial score (nSPS) is 15.3. The zero-order chi connectivity index (χ0) is 23.7. The first-order valence-corrected chi connectivity index (χ1v) is 12.5. The molecule has 1 aliphatic rings. The van der Waals surface area contributed by atoms with Crippen molar-refractivity contribution in [1.82, 2.24) is 4.98 Å². The third-order valence-corrected chi connectivity index (χ3v) is 7.60. The number of hydrogen-bond acceptors (Lipinski definition) is 5. The number of carbonyl (C=O) groups is 1. The summed E-state index contributed by atoms with van der Waals surface area (Å²) in [6.07, 6.45) is 1.73. The summed E-state index contributed by atoms with van der Waals surface area (Å²) in [6, 6.07) is 21.4. The van der Waals surface area contributed by atoms with Crippen LogP contribution in [-0.4, -0.2) is 38.4 Å². The van der Waals surface area contributed by atoms with Gasteiger partial charge in [-0.15, -0.1) is 0 Å². The molecule has 3 aromatic carbocycles. The molecule has 0 radical (unpaired) electrons. The van der Waals surface area contributed by atoms with Crippen molar-refractivity contribution in [2.45, 2.75) is 0 Å². The van der Waals surface area contributed by atoms with E-state index in [-0.39, 0.29) is 25.0 Å². The molecule has 1 aliphatic heterocycles. The maximum Gasteiger partial charge on any atom is 0.255 e. The molecule has 1 fully saturated rings. The monoisotopic (exact) mass is 493 g/mol. The SMILES string of the molecule is O=C(Nc1ccc(Cl)c(-c2nccc3ccccc23)c1)c1ccc(N2COCCS2(=O)=O)cc1. The van der Waals surface area contributed by atoms with Crippen LogP contribution in [-0.2, 0) is 14.8 Å². The third-order valence-electron chi connectivity index (χ3n) is 5.60. The van der Waals surface area contributed by atoms with Gasteiger partial charge in [-0.3, -0.25) is 9.78 Å². The highest BCUT2D eigenvalue weighted by Gasteiger charge is 2.26. The van der Waals surface area contributed by atoms with E-state index in [9.17, 15) is 13.2 Å². The molecule has 0 bridgehead atoms. The molecule has 7 nitrogen and oxygen atoms in total. The van der Waals surface area contributed by atoms with Gasteiger partial charge in [0.15, 0.2) is 0 Å². The van der Waals surface area contributed by atoms with Crippen LogP contribution in [0.2, 0.25) is 5.02 Å². The molecule has 2 heterocycles. The van der Waals surface area contributed by atoms with Crippen LogP contribution in [0.25, 0.3) is 22.0 Å². The summed E-state index contributed by atoms with van der Waals surface area (Å²) < 4.78 is 31.0. The Balaban J connectivity index is 1.39. The Morgan fingerprint density at radius 2 is 1.82 bits per heavy atom. The van der Waals surface area contributed by atoms with Gasteiger partial charge in [0.1, 0.15) is 6.73 Å². The molecular weight excluding hydrogens is 474 g/mol. The zero-order valence-corrected chi connectivity index (χ0v) is 19.5. The lowest BCUT2D eigenvalue weighted by atomic mass is 10.0. The predicted molar refractivity (Wildman–Crippen MR) is 134 cm³/mol. The van der Waals surface area contributed by atoms with Crippen molar-refractivity contribution in [2.75, 3.05) is 28.7 Å². The number of amides is 1. The molecule has 0 spiro atoms. The van der Waals surface area contributed by atoms with E-state index < -0.39 is 10.0 Å². The number of nitrogens with one attached hydrogen (secondary N) is 1. The Morgan fingerprint density at radius 1 is 1.03 bits per heavy atom. The molecule has 1 N–H and O–H groups in total. The minimum Gasteiger partial charge on any atom is -0.359 e. The van der Waals surface area contributed by atoms with Crippen LogP contribution >= 0.6 is 11.6 Å². The average molecular weight is 494 g/mol. The summed E-state index contributed by atoms with van der Waals surface area (Å²) in [5.74, 6) is -0.400. The molecule has 172 valence electrons. The number of rotatable bonds is 4. The molecule has 34 heavy (non-hydrogen) atoms. The summed E-state index contributed by atoms with van der Waals surface area (Å²) in [7, 11) is -3.42. The quantitative estimate of drug-likeness (QED) is 0.435. The average Bonchev–Trinajstić information content (AvgIpc) is 2.85. The van der Waals surface area contributed by atoms with Gasteiger partial charge in [0.25, 0.3) is 5.91 Å². The molecule has 0 saturated carbocycles. The van der Waals surface area contributed by atoms with E-state index in [0.717, 1.165) is 16.5 Å². The Hall–Kier alpha value is -3.46. The second-order valence-electron chi connectivity index (χ2n) is 7.78. The van der Waals surface area contributed by atoms with Gasteiger partial charge in [0.05, 0.1) is 28.8 Å². The van der Waals surface area contributed by atoms with Crippen molar-refractivity contribution in [3.05, 3.63) is 89.6 Å². The minimum absolute atomic E-state index is 0.0381. The number of benzene rings is 3. The van der Waals surface area contributed by atoms with Crippen LogP contribution in [0.1, 0.15) is 10.4 Å². The summed E-state index contributed by atoms with van der Waals surface area (Å²) in [5, 5.41) is 5.40. The van der Waals surface area contributed by atoms with Crippen LogP contribution in [0.15, 0.2) is 79.0 Å². The molecule has 0 atom stereocenters. The van der Waals surface area contributed by atoms with Crippen molar-refractivity contribution in [3.63, 3.8) is 0 Å². The van der Waals surface area contributed by atoms with Crippen molar-refractivity contribution in [1.29, 1.82) is 0 Å². The highest BCUT2D eigenvalue weighted by molar-refractivity contribution is 7.92. The fraction of sp³-hybridized carbons (Fsp3) is 0.120. The Labute approximate surface area is 202 Å². The summed E-state index contributed by atoms with van der Waals surface area (Å²) in [5.41, 5.74) is 2.84. The van der Waals surface area contributed by atoms with Crippen LogP contribution in [0.5, 0.6) is 0 Å². The Bertz CT molecular complexity index is 1480. The molecule has 0 aliphatic carbocycles. The van der Waals surface area contributed by atoms with E-state index in [1.807, 2.05) is 30.3 Å². The fourth-order valence-electron chi connectivity index (χ4n) is 3.84. The van der Waals surface area contributed by atoms with Crippen molar-refractivity contribution in [2.24, 2.45) is 0 Å². The van der Waals surface area contributed by atoms with Gasteiger partial charge in [-0.05, 0) is 53.9 Å². The number of aromatic nitrogens is 1. The number of halogens is 1. The van der Waals surface area contributed by atoms with E-state index in [1.165, 1.54) is 4.31 Å². The van der Waals surface area contributed by atoms with Gasteiger partial charge in [-0.1, -0.05) is 35.9 Å². The van der Waals surface area contributed by atoms with Crippen LogP contribution in [0, 0.1) is 0 Å². The van der Waals surface area contributed by atoms with E-state index >= 15 is 0 Å². The Kier molecular flexibility index (Phi) is 5.95. The summed E-state index contributed by atoms with van der Waals surface area (Å²) in [6.45, 7) is 0.139. The predicted octanol–water partition coefficient (Wildman–Crippen LogP) is 4.93. The van der Waals surface area contributed by atoms with Crippen LogP contribution < -0.4 is 9.62 Å². The van der Waals surface area contributed by atoms with Gasteiger partial charge in [-0.2, -0.15) is 0 Å². The van der Waals surface area contributed by atoms with Gasteiger partial charge in [0.2, 0.25) is 10.0 Å². The lowest BCUT2D eigenvalue weighted by Gasteiger charge is -2.28. The largest absolute Gasteiger partial charge is 0.359 e. The Morgan fingerprint density at radius 3 is 2.62 bits per heavy atom. The standard InChI is InChI=1S/C25H20ClN3O4S/c26-23-10-7-19(15-22(23)24-21-4-2-1-3-17(21)11-12-27-24)28-25(30)18-5-8-20(9-6-18)29-16-33-13-14-34(29,31)32/h1-12,15H,13-14,16H2,(H,28,30). The topological polar surface area (TPSA) is 88.6 Å². The van der Waals surface area contributed by atoms with Crippen molar-refractivity contribution < 1.29 is 17.9 Å². The molecule has 1 amide bonds. The van der Waals surface area contributed by atoms with Gasteiger partial charge >= 0.3 is 0 Å². The fourth-order valence-corrected chi connectivity index (χ4v) is 5.27. The first-order valence-electron chi connectivity index (χ1n) is 10.6. The van der Waals surface area contributed by atoms with E-state index in [2.05, 4.69) is 10.3 Å². The number of fused-ring (bicyclic) bond motifs is 1. The second-order valence-corrected chi connectivity index (χ2v) is 10.2. The highest BCUT2D eigenvalue weighted by Crippen LogP contribution is 2.34. The van der Waals surface area contributed by atoms with Gasteiger partial charge in [0, 0.05) is 28.4 Å². The lowest BCUT2D eigenvalue weighted by molar-refractivity contribution is 0.102. The van der Waals surface area contributed by atoms with E-state index in [4.69, 9.17) is 16.3 Å². The van der Waals surface area contributed by atoms with Crippen LogP contribution in [0.4, 0.5) is 11.4 Å². The molecule has 4 aromatic rings. The molecule has 0 unspecified atom stereocenters. The summed E-state index contributed by atoms with van der Waals surface area (Å²) in [4.78, 5) is 17.4. The van der Waals surface area contributed by atoms with Crippen molar-refractivity contribution >= 4 is 49.7 Å². The number of hydrogen-bond donors (Lipinski definition) is 1. The van der Waals surface area contributed by atoms with Crippen LogP contribution in [0.3, 0.4) is 0 Å². The maximum atomic E-state index is 12.9. The first kappa shape index (κ1) is 22.3. The minimum atomic E-state index is -3.42. The number of pyridine rings is 1. The number of ether oxygens (including phenoxy) is 1. The zero-order valence-electron chi connectivity index (χ0n) is 17.9. The second kappa shape index (κ2) is 9.06. The molecule has 9 heteroatoms. The van der Waals surface area contributed by atoms with Gasteiger partial charge in [-0.25, -0.2) is 12.7 Å². The molecule has 5 rings (SSSR count). The lowest BCUT2D eigenvalue weighted by Crippen LogP contribution is -2.41. The maximum absolute atomic E-state index is 12.9. The third kappa shape index (κ3) is 4.35. The van der Waals surface area contributed by atoms with E-state index in [0.29, 0.717) is 27.5 Å². The number of carbonyl (C=O) groups excluding carboxylic acids is 1.